The minimum absolute atomic E-state index is 0.0167. The highest BCUT2D eigenvalue weighted by atomic mass is 16.3. The number of aliphatic hydroxyl groups excluding tert-OH is 1. The van der Waals surface area contributed by atoms with Crippen LogP contribution in [-0.2, 0) is 4.79 Å². The molecule has 3 N–H and O–H groups in total. The van der Waals surface area contributed by atoms with Crippen LogP contribution in [-0.4, -0.2) is 78.8 Å². The molecule has 3 aliphatic heterocycles. The topological polar surface area (TPSA) is 84.9 Å². The molecule has 3 fully saturated rings. The maximum atomic E-state index is 12.5. The van der Waals surface area contributed by atoms with E-state index in [2.05, 4.69) is 10.6 Å². The van der Waals surface area contributed by atoms with Gasteiger partial charge in [-0.05, 0) is 25.7 Å². The second-order valence-corrected chi connectivity index (χ2v) is 6.99. The van der Waals surface area contributed by atoms with E-state index in [0.717, 1.165) is 51.9 Å². The maximum absolute atomic E-state index is 12.5. The van der Waals surface area contributed by atoms with E-state index in [1.165, 1.54) is 0 Å². The third kappa shape index (κ3) is 3.95. The van der Waals surface area contributed by atoms with E-state index < -0.39 is 0 Å². The molecule has 7 heteroatoms. The number of amides is 3. The van der Waals surface area contributed by atoms with E-state index in [1.807, 2.05) is 9.80 Å². The number of β-amino-alcohol motifs (C(OH)–C–C–N with tert-alkyl or cyclic N) is 1. The highest BCUT2D eigenvalue weighted by molar-refractivity contribution is 5.81. The molecular weight excluding hydrogens is 296 g/mol. The van der Waals surface area contributed by atoms with Gasteiger partial charge in [-0.3, -0.25) is 4.79 Å². The van der Waals surface area contributed by atoms with Gasteiger partial charge < -0.3 is 25.5 Å². The van der Waals surface area contributed by atoms with Crippen LogP contribution >= 0.6 is 0 Å². The number of urea groups is 1. The van der Waals surface area contributed by atoms with E-state index >= 15 is 0 Å². The van der Waals surface area contributed by atoms with E-state index in [-0.39, 0.29) is 29.9 Å². The molecule has 0 radical (unpaired) electrons. The molecule has 3 aliphatic rings. The molecule has 0 aromatic rings. The Bertz CT molecular complexity index is 439. The summed E-state index contributed by atoms with van der Waals surface area (Å²) in [4.78, 5) is 28.6. The molecule has 23 heavy (non-hydrogen) atoms. The van der Waals surface area contributed by atoms with Crippen LogP contribution in [0.4, 0.5) is 4.79 Å². The SMILES string of the molecule is O=C(NCC1CNCC1O)C1CCCN(C(=O)N2CCCC2)C1. The van der Waals surface area contributed by atoms with Crippen molar-refractivity contribution >= 4 is 11.9 Å². The van der Waals surface area contributed by atoms with Gasteiger partial charge in [-0.25, -0.2) is 4.79 Å². The Labute approximate surface area is 137 Å². The van der Waals surface area contributed by atoms with E-state index in [4.69, 9.17) is 0 Å². The lowest BCUT2D eigenvalue weighted by molar-refractivity contribution is -0.126. The van der Waals surface area contributed by atoms with Crippen LogP contribution in [0.3, 0.4) is 0 Å². The first-order valence-corrected chi connectivity index (χ1v) is 8.85. The van der Waals surface area contributed by atoms with Crippen LogP contribution in [0.2, 0.25) is 0 Å². The molecule has 3 rings (SSSR count). The Morgan fingerprint density at radius 1 is 1.09 bits per heavy atom. The molecule has 0 aromatic heterocycles. The molecule has 0 bridgehead atoms. The summed E-state index contributed by atoms with van der Waals surface area (Å²) in [6.07, 6.45) is 3.50. The van der Waals surface area contributed by atoms with Gasteiger partial charge in [0.1, 0.15) is 0 Å². The van der Waals surface area contributed by atoms with Crippen LogP contribution in [0.25, 0.3) is 0 Å². The number of rotatable bonds is 3. The maximum Gasteiger partial charge on any atom is 0.320 e. The number of hydrogen-bond donors (Lipinski definition) is 3. The fourth-order valence-electron chi connectivity index (χ4n) is 3.78. The minimum Gasteiger partial charge on any atom is -0.391 e. The first-order chi connectivity index (χ1) is 11.1. The van der Waals surface area contributed by atoms with Crippen molar-refractivity contribution in [2.24, 2.45) is 11.8 Å². The van der Waals surface area contributed by atoms with Gasteiger partial charge in [0.15, 0.2) is 0 Å². The summed E-state index contributed by atoms with van der Waals surface area (Å²) in [5.41, 5.74) is 0. The Kier molecular flexibility index (Phi) is 5.38. The van der Waals surface area contributed by atoms with Crippen molar-refractivity contribution in [3.05, 3.63) is 0 Å². The number of nitrogens with one attached hydrogen (secondary N) is 2. The average Bonchev–Trinajstić information content (AvgIpc) is 3.24. The van der Waals surface area contributed by atoms with Crippen molar-refractivity contribution in [2.75, 3.05) is 45.8 Å². The largest absolute Gasteiger partial charge is 0.391 e. The first-order valence-electron chi connectivity index (χ1n) is 8.85. The van der Waals surface area contributed by atoms with E-state index in [9.17, 15) is 14.7 Å². The monoisotopic (exact) mass is 324 g/mol. The zero-order valence-corrected chi connectivity index (χ0v) is 13.7. The molecule has 3 unspecified atom stereocenters. The molecule has 3 atom stereocenters. The normalized spacial score (nSPS) is 31.4. The lowest BCUT2D eigenvalue weighted by atomic mass is 9.97. The first kappa shape index (κ1) is 16.5. The fourth-order valence-corrected chi connectivity index (χ4v) is 3.78. The van der Waals surface area contributed by atoms with Gasteiger partial charge >= 0.3 is 6.03 Å². The van der Waals surface area contributed by atoms with Crippen LogP contribution in [0, 0.1) is 11.8 Å². The van der Waals surface area contributed by atoms with Crippen LogP contribution in [0.15, 0.2) is 0 Å². The molecule has 0 aromatic carbocycles. The summed E-state index contributed by atoms with van der Waals surface area (Å²) in [5.74, 6) is -0.0188. The van der Waals surface area contributed by atoms with Crippen molar-refractivity contribution in [2.45, 2.75) is 31.8 Å². The van der Waals surface area contributed by atoms with Crippen molar-refractivity contribution in [3.8, 4) is 0 Å². The lowest BCUT2D eigenvalue weighted by Gasteiger charge is -2.34. The van der Waals surface area contributed by atoms with Gasteiger partial charge in [0.05, 0.1) is 12.0 Å². The molecule has 0 spiro atoms. The molecular formula is C16H28N4O3. The second kappa shape index (κ2) is 7.49. The van der Waals surface area contributed by atoms with Gasteiger partial charge in [0.25, 0.3) is 0 Å². The molecule has 0 aliphatic carbocycles. The summed E-state index contributed by atoms with van der Waals surface area (Å²) >= 11 is 0. The number of carbonyl (C=O) groups excluding carboxylic acids is 2. The van der Waals surface area contributed by atoms with Gasteiger partial charge in [0, 0.05) is 51.7 Å². The number of piperidine rings is 1. The molecule has 7 nitrogen and oxygen atoms in total. The molecule has 3 amide bonds. The highest BCUT2D eigenvalue weighted by Gasteiger charge is 2.32. The third-order valence-electron chi connectivity index (χ3n) is 5.28. The zero-order chi connectivity index (χ0) is 16.2. The smallest absolute Gasteiger partial charge is 0.320 e. The van der Waals surface area contributed by atoms with Gasteiger partial charge in [-0.2, -0.15) is 0 Å². The van der Waals surface area contributed by atoms with Crippen LogP contribution in [0.5, 0.6) is 0 Å². The number of aliphatic hydroxyl groups is 1. The molecule has 130 valence electrons. The van der Waals surface area contributed by atoms with Gasteiger partial charge in [-0.15, -0.1) is 0 Å². The number of hydrogen-bond acceptors (Lipinski definition) is 4. The number of carbonyl (C=O) groups is 2. The zero-order valence-electron chi connectivity index (χ0n) is 13.7. The Balaban J connectivity index is 1.47. The average molecular weight is 324 g/mol. The van der Waals surface area contributed by atoms with Crippen LogP contribution in [0.1, 0.15) is 25.7 Å². The summed E-state index contributed by atoms with van der Waals surface area (Å²) < 4.78 is 0. The lowest BCUT2D eigenvalue weighted by Crippen LogP contribution is -2.50. The standard InChI is InChI=1S/C16H28N4O3/c21-14-10-17-8-13(14)9-18-15(22)12-4-3-7-20(11-12)16(23)19-5-1-2-6-19/h12-14,17,21H,1-11H2,(H,18,22). The third-order valence-corrected chi connectivity index (χ3v) is 5.28. The van der Waals surface area contributed by atoms with Crippen LogP contribution < -0.4 is 10.6 Å². The number of likely N-dealkylation sites (tertiary alicyclic amines) is 2. The predicted molar refractivity (Wildman–Crippen MR) is 85.9 cm³/mol. The Morgan fingerprint density at radius 3 is 2.52 bits per heavy atom. The number of nitrogens with zero attached hydrogens (tertiary/aromatic N) is 2. The predicted octanol–water partition coefficient (Wildman–Crippen LogP) is -0.389. The molecule has 3 saturated heterocycles. The quantitative estimate of drug-likeness (QED) is 0.660. The Hall–Kier alpha value is -1.34. The van der Waals surface area contributed by atoms with E-state index in [0.29, 0.717) is 19.6 Å². The summed E-state index contributed by atoms with van der Waals surface area (Å²) in [6.45, 7) is 4.81. The van der Waals surface area contributed by atoms with Crippen molar-refractivity contribution in [3.63, 3.8) is 0 Å². The second-order valence-electron chi connectivity index (χ2n) is 6.99. The Morgan fingerprint density at radius 2 is 1.83 bits per heavy atom. The minimum atomic E-state index is -0.380. The summed E-state index contributed by atoms with van der Waals surface area (Å²) in [5, 5.41) is 15.9. The van der Waals surface area contributed by atoms with Gasteiger partial charge in [-0.1, -0.05) is 0 Å². The van der Waals surface area contributed by atoms with Crippen molar-refractivity contribution in [1.29, 1.82) is 0 Å². The summed E-state index contributed by atoms with van der Waals surface area (Å²) in [7, 11) is 0. The molecule has 0 saturated carbocycles. The van der Waals surface area contributed by atoms with Crippen molar-refractivity contribution < 1.29 is 14.7 Å². The van der Waals surface area contributed by atoms with E-state index in [1.54, 1.807) is 0 Å². The van der Waals surface area contributed by atoms with Crippen molar-refractivity contribution in [1.82, 2.24) is 20.4 Å². The summed E-state index contributed by atoms with van der Waals surface area (Å²) in [6, 6.07) is 0.0930. The fraction of sp³-hybridized carbons (Fsp3) is 0.875. The van der Waals surface area contributed by atoms with Gasteiger partial charge in [0.2, 0.25) is 5.91 Å². The molecule has 3 heterocycles. The highest BCUT2D eigenvalue weighted by Crippen LogP contribution is 2.20.